The van der Waals surface area contributed by atoms with E-state index in [1.54, 1.807) is 6.92 Å². The Morgan fingerprint density at radius 1 is 1.71 bits per heavy atom. The number of halogens is 1. The summed E-state index contributed by atoms with van der Waals surface area (Å²) in [6.45, 7) is 3.40. The summed E-state index contributed by atoms with van der Waals surface area (Å²) in [6.07, 6.45) is 0.948. The summed E-state index contributed by atoms with van der Waals surface area (Å²) in [6, 6.07) is 0.0395. The van der Waals surface area contributed by atoms with Crippen LogP contribution in [0.2, 0.25) is 0 Å². The summed E-state index contributed by atoms with van der Waals surface area (Å²) in [4.78, 5) is 17.9. The summed E-state index contributed by atoms with van der Waals surface area (Å²) >= 11 is 0. The molecule has 5 nitrogen and oxygen atoms in total. The third kappa shape index (κ3) is 2.65. The number of nitrogens with zero attached hydrogens (tertiary/aromatic N) is 2. The van der Waals surface area contributed by atoms with Gasteiger partial charge in [-0.25, -0.2) is 9.37 Å². The van der Waals surface area contributed by atoms with E-state index < -0.39 is 11.7 Å². The first kappa shape index (κ1) is 10.4. The minimum absolute atomic E-state index is 0.0395. The Morgan fingerprint density at radius 3 is 3.00 bits per heavy atom. The molecular formula is C8H10FN3O2. The largest absolute Gasteiger partial charge is 0.464 e. The van der Waals surface area contributed by atoms with E-state index in [-0.39, 0.29) is 11.8 Å². The van der Waals surface area contributed by atoms with Crippen LogP contribution < -0.4 is 10.1 Å². The molecule has 1 amide bonds. The van der Waals surface area contributed by atoms with Gasteiger partial charge in [-0.2, -0.15) is 4.98 Å². The Bertz CT molecular complexity index is 343. The molecule has 1 aromatic rings. The zero-order valence-corrected chi connectivity index (χ0v) is 7.87. The molecule has 1 aromatic heterocycles. The molecule has 0 unspecified atom stereocenters. The number of anilines is 1. The van der Waals surface area contributed by atoms with E-state index in [9.17, 15) is 9.18 Å². The van der Waals surface area contributed by atoms with E-state index in [1.165, 1.54) is 6.92 Å². The zero-order chi connectivity index (χ0) is 10.6. The third-order valence-corrected chi connectivity index (χ3v) is 1.29. The first-order valence-corrected chi connectivity index (χ1v) is 4.06. The van der Waals surface area contributed by atoms with Crippen LogP contribution in [-0.2, 0) is 4.79 Å². The average molecular weight is 199 g/mol. The Labute approximate surface area is 80.3 Å². The van der Waals surface area contributed by atoms with Crippen LogP contribution in [0.15, 0.2) is 6.20 Å². The number of hydrogen-bond acceptors (Lipinski definition) is 4. The van der Waals surface area contributed by atoms with Gasteiger partial charge in [-0.3, -0.25) is 4.79 Å². The standard InChI is InChI=1S/C8H10FN3O2/c1-3-14-8-10-4-6(9)7(12-8)11-5(2)13/h4H,3H2,1-2H3,(H,10,11,12,13). The maximum atomic E-state index is 13.0. The number of rotatable bonds is 3. The number of amides is 1. The topological polar surface area (TPSA) is 64.1 Å². The van der Waals surface area contributed by atoms with Crippen molar-refractivity contribution in [3.05, 3.63) is 12.0 Å². The van der Waals surface area contributed by atoms with Crippen molar-refractivity contribution in [2.24, 2.45) is 0 Å². The van der Waals surface area contributed by atoms with Gasteiger partial charge in [0.2, 0.25) is 5.91 Å². The molecule has 0 aliphatic carbocycles. The van der Waals surface area contributed by atoms with Crippen LogP contribution in [0.25, 0.3) is 0 Å². The highest BCUT2D eigenvalue weighted by Gasteiger charge is 2.08. The third-order valence-electron chi connectivity index (χ3n) is 1.29. The van der Waals surface area contributed by atoms with E-state index in [1.807, 2.05) is 0 Å². The molecule has 0 spiro atoms. The molecule has 0 atom stereocenters. The molecule has 1 heterocycles. The number of nitrogens with one attached hydrogen (secondary N) is 1. The monoisotopic (exact) mass is 199 g/mol. The van der Waals surface area contributed by atoms with Crippen LogP contribution >= 0.6 is 0 Å². The molecular weight excluding hydrogens is 189 g/mol. The van der Waals surface area contributed by atoms with E-state index in [2.05, 4.69) is 15.3 Å². The van der Waals surface area contributed by atoms with Gasteiger partial charge in [0.1, 0.15) is 0 Å². The molecule has 0 saturated heterocycles. The highest BCUT2D eigenvalue weighted by molar-refractivity contribution is 5.87. The van der Waals surface area contributed by atoms with Crippen molar-refractivity contribution < 1.29 is 13.9 Å². The van der Waals surface area contributed by atoms with Crippen molar-refractivity contribution in [1.82, 2.24) is 9.97 Å². The molecule has 1 rings (SSSR count). The molecule has 0 saturated carbocycles. The molecule has 0 aromatic carbocycles. The minimum atomic E-state index is -0.691. The van der Waals surface area contributed by atoms with Crippen LogP contribution in [0.5, 0.6) is 6.01 Å². The number of hydrogen-bond donors (Lipinski definition) is 1. The predicted octanol–water partition coefficient (Wildman–Crippen LogP) is 0.973. The summed E-state index contributed by atoms with van der Waals surface area (Å²) in [7, 11) is 0. The smallest absolute Gasteiger partial charge is 0.318 e. The van der Waals surface area contributed by atoms with Crippen molar-refractivity contribution >= 4 is 11.7 Å². The second kappa shape index (κ2) is 4.50. The molecule has 1 N–H and O–H groups in total. The predicted molar refractivity (Wildman–Crippen MR) is 47.5 cm³/mol. The average Bonchev–Trinajstić information content (AvgIpc) is 2.10. The summed E-state index contributed by atoms with van der Waals surface area (Å²) < 4.78 is 17.9. The van der Waals surface area contributed by atoms with Gasteiger partial charge in [-0.1, -0.05) is 0 Å². The summed E-state index contributed by atoms with van der Waals surface area (Å²) in [5, 5.41) is 2.23. The van der Waals surface area contributed by atoms with Gasteiger partial charge in [-0.05, 0) is 6.92 Å². The van der Waals surface area contributed by atoms with Crippen molar-refractivity contribution in [3.63, 3.8) is 0 Å². The van der Waals surface area contributed by atoms with Gasteiger partial charge in [0.15, 0.2) is 11.6 Å². The molecule has 6 heteroatoms. The number of carbonyl (C=O) groups is 1. The lowest BCUT2D eigenvalue weighted by Crippen LogP contribution is -2.10. The van der Waals surface area contributed by atoms with Crippen LogP contribution in [0, 0.1) is 5.82 Å². The Hall–Kier alpha value is -1.72. The second-order valence-corrected chi connectivity index (χ2v) is 2.46. The van der Waals surface area contributed by atoms with Gasteiger partial charge >= 0.3 is 6.01 Å². The molecule has 14 heavy (non-hydrogen) atoms. The maximum Gasteiger partial charge on any atom is 0.318 e. The van der Waals surface area contributed by atoms with Gasteiger partial charge in [0.25, 0.3) is 0 Å². The molecule has 0 bridgehead atoms. The first-order valence-electron chi connectivity index (χ1n) is 4.06. The molecule has 0 aliphatic rings. The van der Waals surface area contributed by atoms with E-state index in [0.717, 1.165) is 6.20 Å². The molecule has 76 valence electrons. The second-order valence-electron chi connectivity index (χ2n) is 2.46. The molecule has 0 aliphatic heterocycles. The lowest BCUT2D eigenvalue weighted by atomic mass is 10.5. The van der Waals surface area contributed by atoms with Gasteiger partial charge in [0.05, 0.1) is 12.8 Å². The highest BCUT2D eigenvalue weighted by atomic mass is 19.1. The van der Waals surface area contributed by atoms with Crippen LogP contribution in [0.1, 0.15) is 13.8 Å². The number of carbonyl (C=O) groups excluding carboxylic acids is 1. The Balaban J connectivity index is 2.90. The van der Waals surface area contributed by atoms with Gasteiger partial charge in [0, 0.05) is 6.92 Å². The fourth-order valence-corrected chi connectivity index (χ4v) is 0.804. The zero-order valence-electron chi connectivity index (χ0n) is 7.87. The normalized spacial score (nSPS) is 9.64. The van der Waals surface area contributed by atoms with Crippen molar-refractivity contribution in [3.8, 4) is 6.01 Å². The lowest BCUT2D eigenvalue weighted by Gasteiger charge is -2.04. The van der Waals surface area contributed by atoms with Crippen molar-refractivity contribution in [2.75, 3.05) is 11.9 Å². The minimum Gasteiger partial charge on any atom is -0.464 e. The Kier molecular flexibility index (Phi) is 3.33. The first-order chi connectivity index (χ1) is 6.63. The fourth-order valence-electron chi connectivity index (χ4n) is 0.804. The summed E-state index contributed by atoms with van der Waals surface area (Å²) in [5.41, 5.74) is 0. The van der Waals surface area contributed by atoms with Crippen LogP contribution in [0.3, 0.4) is 0 Å². The van der Waals surface area contributed by atoms with Crippen LogP contribution in [0.4, 0.5) is 10.2 Å². The maximum absolute atomic E-state index is 13.0. The SMILES string of the molecule is CCOc1ncc(F)c(NC(C)=O)n1. The van der Waals surface area contributed by atoms with Crippen molar-refractivity contribution in [2.45, 2.75) is 13.8 Å². The van der Waals surface area contributed by atoms with E-state index >= 15 is 0 Å². The van der Waals surface area contributed by atoms with Crippen molar-refractivity contribution in [1.29, 1.82) is 0 Å². The summed E-state index contributed by atoms with van der Waals surface area (Å²) in [5.74, 6) is -1.26. The van der Waals surface area contributed by atoms with Gasteiger partial charge in [-0.15, -0.1) is 0 Å². The molecule has 0 radical (unpaired) electrons. The van der Waals surface area contributed by atoms with E-state index in [4.69, 9.17) is 4.74 Å². The van der Waals surface area contributed by atoms with E-state index in [0.29, 0.717) is 6.61 Å². The number of aromatic nitrogens is 2. The fraction of sp³-hybridized carbons (Fsp3) is 0.375. The lowest BCUT2D eigenvalue weighted by molar-refractivity contribution is -0.114. The van der Waals surface area contributed by atoms with Gasteiger partial charge < -0.3 is 10.1 Å². The quantitative estimate of drug-likeness (QED) is 0.787. The van der Waals surface area contributed by atoms with Crippen LogP contribution in [-0.4, -0.2) is 22.5 Å². The molecule has 0 fully saturated rings. The number of ether oxygens (including phenoxy) is 1. The highest BCUT2D eigenvalue weighted by Crippen LogP contribution is 2.12. The Morgan fingerprint density at radius 2 is 2.43 bits per heavy atom.